The molecule has 0 bridgehead atoms. The molecule has 0 aliphatic rings. The summed E-state index contributed by atoms with van der Waals surface area (Å²) in [7, 11) is 1.49. The van der Waals surface area contributed by atoms with Gasteiger partial charge in [0.05, 0.1) is 12.3 Å². The Balaban J connectivity index is 3.17. The second-order valence-electron chi connectivity index (χ2n) is 3.21. The Labute approximate surface area is 93.2 Å². The molecule has 1 aromatic heterocycles. The van der Waals surface area contributed by atoms with Gasteiger partial charge in [-0.3, -0.25) is 4.79 Å². The van der Waals surface area contributed by atoms with Crippen LogP contribution in [0, 0.1) is 6.92 Å². The van der Waals surface area contributed by atoms with Gasteiger partial charge in [-0.2, -0.15) is 0 Å². The van der Waals surface area contributed by atoms with E-state index >= 15 is 0 Å². The molecule has 6 nitrogen and oxygen atoms in total. The predicted octanol–water partition coefficient (Wildman–Crippen LogP) is 0.442. The van der Waals surface area contributed by atoms with Crippen molar-refractivity contribution in [2.75, 3.05) is 19.4 Å². The number of aryl methyl sites for hydroxylation is 1. The second-order valence-corrected chi connectivity index (χ2v) is 3.21. The summed E-state index contributed by atoms with van der Waals surface area (Å²) < 4.78 is 4.85. The number of aromatic nitrogens is 1. The van der Waals surface area contributed by atoms with Crippen LogP contribution >= 0.6 is 0 Å². The summed E-state index contributed by atoms with van der Waals surface area (Å²) >= 11 is 0. The number of carbonyl (C=O) groups is 2. The Kier molecular flexibility index (Phi) is 3.55. The van der Waals surface area contributed by atoms with E-state index in [9.17, 15) is 9.59 Å². The highest BCUT2D eigenvalue weighted by atomic mass is 16.5. The highest BCUT2D eigenvalue weighted by molar-refractivity contribution is 6.05. The van der Waals surface area contributed by atoms with Crippen LogP contribution in [0.15, 0.2) is 0 Å². The fraction of sp³-hybridized carbons (Fsp3) is 0.400. The van der Waals surface area contributed by atoms with Gasteiger partial charge in [-0.1, -0.05) is 0 Å². The van der Waals surface area contributed by atoms with Gasteiger partial charge in [0.1, 0.15) is 11.3 Å². The number of rotatable bonds is 3. The van der Waals surface area contributed by atoms with E-state index in [1.54, 1.807) is 13.8 Å². The van der Waals surface area contributed by atoms with Crippen LogP contribution in [0.5, 0.6) is 0 Å². The van der Waals surface area contributed by atoms with E-state index in [-0.39, 0.29) is 29.5 Å². The number of H-pyrrole nitrogens is 1. The summed E-state index contributed by atoms with van der Waals surface area (Å²) in [6, 6.07) is 0. The highest BCUT2D eigenvalue weighted by Gasteiger charge is 2.22. The SMILES string of the molecule is CCOC(=O)c1c(C)[nH]c(C(=O)NC)c1N. The average Bonchev–Trinajstić information content (AvgIpc) is 2.53. The minimum atomic E-state index is -0.524. The molecule has 16 heavy (non-hydrogen) atoms. The Morgan fingerprint density at radius 3 is 2.62 bits per heavy atom. The quantitative estimate of drug-likeness (QED) is 0.650. The average molecular weight is 225 g/mol. The first-order chi connectivity index (χ1) is 7.52. The van der Waals surface area contributed by atoms with Gasteiger partial charge in [0, 0.05) is 12.7 Å². The number of ether oxygens (including phenoxy) is 1. The van der Waals surface area contributed by atoms with Gasteiger partial charge in [0.25, 0.3) is 5.91 Å². The van der Waals surface area contributed by atoms with Gasteiger partial charge in [-0.25, -0.2) is 4.79 Å². The second kappa shape index (κ2) is 4.69. The van der Waals surface area contributed by atoms with Crippen LogP contribution in [0.2, 0.25) is 0 Å². The molecule has 0 saturated carbocycles. The number of hydrogen-bond acceptors (Lipinski definition) is 4. The molecule has 1 aromatic rings. The van der Waals surface area contributed by atoms with Gasteiger partial charge in [0.2, 0.25) is 0 Å². The van der Waals surface area contributed by atoms with Crippen LogP contribution in [0.4, 0.5) is 5.69 Å². The summed E-state index contributed by atoms with van der Waals surface area (Å²) in [4.78, 5) is 25.7. The Morgan fingerprint density at radius 2 is 2.12 bits per heavy atom. The molecule has 1 heterocycles. The van der Waals surface area contributed by atoms with E-state index in [0.717, 1.165) is 0 Å². The number of anilines is 1. The monoisotopic (exact) mass is 225 g/mol. The van der Waals surface area contributed by atoms with Crippen LogP contribution in [0.3, 0.4) is 0 Å². The van der Waals surface area contributed by atoms with Gasteiger partial charge in [0.15, 0.2) is 0 Å². The first kappa shape index (κ1) is 12.1. The zero-order chi connectivity index (χ0) is 12.3. The number of esters is 1. The van der Waals surface area contributed by atoms with Crippen molar-refractivity contribution in [3.05, 3.63) is 17.0 Å². The molecule has 0 aromatic carbocycles. The minimum absolute atomic E-state index is 0.121. The number of carbonyl (C=O) groups excluding carboxylic acids is 2. The molecule has 4 N–H and O–H groups in total. The van der Waals surface area contributed by atoms with E-state index in [1.807, 2.05) is 0 Å². The first-order valence-electron chi connectivity index (χ1n) is 4.90. The fourth-order valence-corrected chi connectivity index (χ4v) is 1.41. The summed E-state index contributed by atoms with van der Waals surface area (Å²) in [5.74, 6) is -0.889. The van der Waals surface area contributed by atoms with Crippen molar-refractivity contribution in [2.24, 2.45) is 0 Å². The van der Waals surface area contributed by atoms with Crippen molar-refractivity contribution in [3.63, 3.8) is 0 Å². The maximum Gasteiger partial charge on any atom is 0.342 e. The number of aromatic amines is 1. The number of nitrogens with two attached hydrogens (primary N) is 1. The predicted molar refractivity (Wildman–Crippen MR) is 59.3 cm³/mol. The smallest absolute Gasteiger partial charge is 0.342 e. The van der Waals surface area contributed by atoms with Crippen LogP contribution in [-0.4, -0.2) is 30.5 Å². The van der Waals surface area contributed by atoms with E-state index in [1.165, 1.54) is 7.05 Å². The van der Waals surface area contributed by atoms with E-state index < -0.39 is 5.97 Å². The summed E-state index contributed by atoms with van der Waals surface area (Å²) in [5.41, 5.74) is 6.77. The zero-order valence-corrected chi connectivity index (χ0v) is 9.51. The molecule has 1 rings (SSSR count). The van der Waals surface area contributed by atoms with Crippen molar-refractivity contribution < 1.29 is 14.3 Å². The lowest BCUT2D eigenvalue weighted by molar-refractivity contribution is 0.0527. The summed E-state index contributed by atoms with van der Waals surface area (Å²) in [6.07, 6.45) is 0. The summed E-state index contributed by atoms with van der Waals surface area (Å²) in [6.45, 7) is 3.63. The third-order valence-corrected chi connectivity index (χ3v) is 2.16. The molecule has 0 aliphatic heterocycles. The van der Waals surface area contributed by atoms with Gasteiger partial charge < -0.3 is 20.8 Å². The minimum Gasteiger partial charge on any atom is -0.462 e. The van der Waals surface area contributed by atoms with Crippen LogP contribution in [0.1, 0.15) is 33.5 Å². The molecule has 88 valence electrons. The molecule has 0 radical (unpaired) electrons. The Morgan fingerprint density at radius 1 is 1.50 bits per heavy atom. The first-order valence-corrected chi connectivity index (χ1v) is 4.90. The van der Waals surface area contributed by atoms with Gasteiger partial charge in [-0.15, -0.1) is 0 Å². The van der Waals surface area contributed by atoms with Crippen LogP contribution in [0.25, 0.3) is 0 Å². The Hall–Kier alpha value is -1.98. The molecule has 0 atom stereocenters. The van der Waals surface area contributed by atoms with Crippen LogP contribution < -0.4 is 11.1 Å². The molecule has 0 unspecified atom stereocenters. The fourth-order valence-electron chi connectivity index (χ4n) is 1.41. The number of nitrogen functional groups attached to an aromatic ring is 1. The number of hydrogen-bond donors (Lipinski definition) is 3. The van der Waals surface area contributed by atoms with Crippen molar-refractivity contribution >= 4 is 17.6 Å². The third-order valence-electron chi connectivity index (χ3n) is 2.16. The molecular weight excluding hydrogens is 210 g/mol. The van der Waals surface area contributed by atoms with Crippen molar-refractivity contribution in [1.29, 1.82) is 0 Å². The van der Waals surface area contributed by atoms with Gasteiger partial charge in [-0.05, 0) is 13.8 Å². The molecule has 0 fully saturated rings. The molecule has 6 heteroatoms. The van der Waals surface area contributed by atoms with Crippen molar-refractivity contribution in [3.8, 4) is 0 Å². The number of nitrogens with one attached hydrogen (secondary N) is 2. The van der Waals surface area contributed by atoms with E-state index in [2.05, 4.69) is 10.3 Å². The maximum absolute atomic E-state index is 11.6. The largest absolute Gasteiger partial charge is 0.462 e. The zero-order valence-electron chi connectivity index (χ0n) is 9.51. The molecule has 0 saturated heterocycles. The normalized spacial score (nSPS) is 9.94. The van der Waals surface area contributed by atoms with Crippen molar-refractivity contribution in [2.45, 2.75) is 13.8 Å². The summed E-state index contributed by atoms with van der Waals surface area (Å²) in [5, 5.41) is 2.43. The molecule has 0 spiro atoms. The maximum atomic E-state index is 11.6. The van der Waals surface area contributed by atoms with E-state index in [4.69, 9.17) is 10.5 Å². The number of amides is 1. The molecular formula is C10H15N3O3. The highest BCUT2D eigenvalue weighted by Crippen LogP contribution is 2.22. The van der Waals surface area contributed by atoms with Crippen molar-refractivity contribution in [1.82, 2.24) is 10.3 Å². The lowest BCUT2D eigenvalue weighted by Gasteiger charge is -2.02. The van der Waals surface area contributed by atoms with Crippen LogP contribution in [-0.2, 0) is 4.74 Å². The molecule has 1 amide bonds. The van der Waals surface area contributed by atoms with Gasteiger partial charge >= 0.3 is 5.97 Å². The van der Waals surface area contributed by atoms with E-state index in [0.29, 0.717) is 5.69 Å². The third kappa shape index (κ3) is 2.00. The standard InChI is InChI=1S/C10H15N3O3/c1-4-16-10(15)6-5(2)13-8(7(6)11)9(14)12-3/h13H,4,11H2,1-3H3,(H,12,14). The lowest BCUT2D eigenvalue weighted by atomic mass is 10.2. The topological polar surface area (TPSA) is 97.2 Å². The molecule has 0 aliphatic carbocycles. The lowest BCUT2D eigenvalue weighted by Crippen LogP contribution is -2.19. The Bertz CT molecular complexity index is 423.